The number of hydrogen-bond acceptors (Lipinski definition) is 7. The molecule has 0 aliphatic carbocycles. The first-order valence-corrected chi connectivity index (χ1v) is 5.92. The molecule has 0 radical (unpaired) electrons. The smallest absolute Gasteiger partial charge is 0.313 e. The molecule has 0 bridgehead atoms. The molecule has 0 spiro atoms. The van der Waals surface area contributed by atoms with Crippen molar-refractivity contribution in [2.75, 3.05) is 7.11 Å². The van der Waals surface area contributed by atoms with Gasteiger partial charge in [-0.1, -0.05) is 0 Å². The molecule has 0 unspecified atom stereocenters. The zero-order chi connectivity index (χ0) is 16.4. The maximum atomic E-state index is 11.8. The largest absolute Gasteiger partial charge is 0.502 e. The zero-order valence-corrected chi connectivity index (χ0v) is 13.0. The van der Waals surface area contributed by atoms with Gasteiger partial charge >= 0.3 is 11.7 Å². The molecule has 8 nitrogen and oxygen atoms in total. The van der Waals surface area contributed by atoms with Gasteiger partial charge in [0, 0.05) is 17.7 Å². The van der Waals surface area contributed by atoms with Gasteiger partial charge in [0.1, 0.15) is 0 Å². The minimum atomic E-state index is -1.24. The summed E-state index contributed by atoms with van der Waals surface area (Å²) >= 11 is 0. The summed E-state index contributed by atoms with van der Waals surface area (Å²) in [5.74, 6) is -1.30. The molecule has 120 valence electrons. The van der Waals surface area contributed by atoms with E-state index in [0.717, 1.165) is 6.07 Å². The van der Waals surface area contributed by atoms with E-state index in [1.54, 1.807) is 6.07 Å². The SMILES string of the molecule is COC(=O)C(C)(C)[C@@H](N)c1cc(C#N)cc([N+](=O)[O-])c1O.Cl. The van der Waals surface area contributed by atoms with Crippen molar-refractivity contribution < 1.29 is 19.6 Å². The number of nitro benzene ring substituents is 1. The lowest BCUT2D eigenvalue weighted by Gasteiger charge is -2.29. The predicted molar refractivity (Wildman–Crippen MR) is 79.4 cm³/mol. The Morgan fingerprint density at radius 3 is 2.50 bits per heavy atom. The average Bonchev–Trinajstić information content (AvgIpc) is 2.45. The monoisotopic (exact) mass is 329 g/mol. The molecular weight excluding hydrogens is 314 g/mol. The molecule has 9 heteroatoms. The van der Waals surface area contributed by atoms with Crippen LogP contribution in [-0.2, 0) is 9.53 Å². The summed E-state index contributed by atoms with van der Waals surface area (Å²) in [4.78, 5) is 21.8. The molecule has 0 heterocycles. The van der Waals surface area contributed by atoms with Gasteiger partial charge in [0.15, 0.2) is 5.75 Å². The standard InChI is InChI=1S/C13H15N3O5.ClH/c1-13(2,12(18)21-3)11(15)8-4-7(6-14)5-9(10(8)17)16(19)20;/h4-5,11,17H,15H2,1-3H3;1H/t11-;/m0./s1. The third-order valence-electron chi connectivity index (χ3n) is 3.27. The second-order valence-corrected chi connectivity index (χ2v) is 4.99. The number of nitro groups is 1. The number of hydrogen-bond donors (Lipinski definition) is 2. The third-order valence-corrected chi connectivity index (χ3v) is 3.27. The highest BCUT2D eigenvalue weighted by Crippen LogP contribution is 2.41. The molecule has 22 heavy (non-hydrogen) atoms. The molecule has 1 rings (SSSR count). The van der Waals surface area contributed by atoms with Crippen LogP contribution in [0, 0.1) is 26.9 Å². The van der Waals surface area contributed by atoms with Gasteiger partial charge in [0.05, 0.1) is 29.1 Å². The molecule has 1 aromatic carbocycles. The molecule has 0 fully saturated rings. The van der Waals surface area contributed by atoms with Crippen molar-refractivity contribution in [1.29, 1.82) is 5.26 Å². The van der Waals surface area contributed by atoms with Crippen molar-refractivity contribution in [3.8, 4) is 11.8 Å². The van der Waals surface area contributed by atoms with Crippen molar-refractivity contribution >= 4 is 24.1 Å². The highest BCUT2D eigenvalue weighted by Gasteiger charge is 2.39. The maximum Gasteiger partial charge on any atom is 0.313 e. The van der Waals surface area contributed by atoms with Crippen molar-refractivity contribution in [1.82, 2.24) is 0 Å². The van der Waals surface area contributed by atoms with E-state index < -0.39 is 33.8 Å². The molecule has 0 aromatic heterocycles. The van der Waals surface area contributed by atoms with Crippen LogP contribution in [-0.4, -0.2) is 23.1 Å². The number of halogens is 1. The van der Waals surface area contributed by atoms with Gasteiger partial charge in [-0.3, -0.25) is 14.9 Å². The van der Waals surface area contributed by atoms with Crippen molar-refractivity contribution in [3.63, 3.8) is 0 Å². The minimum absolute atomic E-state index is 0. The predicted octanol–water partition coefficient (Wildman–Crippen LogP) is 1.79. The van der Waals surface area contributed by atoms with Crippen LogP contribution < -0.4 is 5.73 Å². The number of rotatable bonds is 4. The normalized spacial score (nSPS) is 11.8. The number of carbonyl (C=O) groups is 1. The topological polar surface area (TPSA) is 139 Å². The molecule has 1 aromatic rings. The van der Waals surface area contributed by atoms with Crippen molar-refractivity contribution in [2.24, 2.45) is 11.1 Å². The Balaban J connectivity index is 0.00000441. The average molecular weight is 330 g/mol. The van der Waals surface area contributed by atoms with Gasteiger partial charge in [0.2, 0.25) is 0 Å². The molecule has 0 aliphatic rings. The van der Waals surface area contributed by atoms with Crippen LogP contribution >= 0.6 is 12.4 Å². The summed E-state index contributed by atoms with van der Waals surface area (Å²) in [6.07, 6.45) is 0. The lowest BCUT2D eigenvalue weighted by molar-refractivity contribution is -0.386. The van der Waals surface area contributed by atoms with E-state index in [4.69, 9.17) is 11.0 Å². The molecule has 0 saturated heterocycles. The Morgan fingerprint density at radius 2 is 2.09 bits per heavy atom. The van der Waals surface area contributed by atoms with Crippen LogP contribution in [0.15, 0.2) is 12.1 Å². The quantitative estimate of drug-likeness (QED) is 0.487. The highest BCUT2D eigenvalue weighted by molar-refractivity contribution is 5.85. The summed E-state index contributed by atoms with van der Waals surface area (Å²) in [5.41, 5.74) is 3.97. The number of carbonyl (C=O) groups excluding carboxylic acids is 1. The van der Waals surface area contributed by atoms with Gasteiger partial charge in [-0.2, -0.15) is 5.26 Å². The fraction of sp³-hybridized carbons (Fsp3) is 0.385. The number of esters is 1. The van der Waals surface area contributed by atoms with Crippen LogP contribution in [0.25, 0.3) is 0 Å². The van der Waals surface area contributed by atoms with E-state index in [1.807, 2.05) is 0 Å². The van der Waals surface area contributed by atoms with Crippen LogP contribution in [0.3, 0.4) is 0 Å². The molecule has 0 aliphatic heterocycles. The molecule has 0 saturated carbocycles. The van der Waals surface area contributed by atoms with Crippen LogP contribution in [0.2, 0.25) is 0 Å². The number of methoxy groups -OCH3 is 1. The maximum absolute atomic E-state index is 11.8. The minimum Gasteiger partial charge on any atom is -0.502 e. The number of phenolic OH excluding ortho intramolecular Hbond substituents is 1. The highest BCUT2D eigenvalue weighted by atomic mass is 35.5. The van der Waals surface area contributed by atoms with Crippen molar-refractivity contribution in [2.45, 2.75) is 19.9 Å². The molecule has 0 amide bonds. The lowest BCUT2D eigenvalue weighted by atomic mass is 9.80. The zero-order valence-electron chi connectivity index (χ0n) is 12.2. The van der Waals surface area contributed by atoms with Crippen molar-refractivity contribution in [3.05, 3.63) is 33.4 Å². The number of nitriles is 1. The molecule has 3 N–H and O–H groups in total. The van der Waals surface area contributed by atoms with E-state index in [0.29, 0.717) is 0 Å². The lowest BCUT2D eigenvalue weighted by Crippen LogP contribution is -2.37. The summed E-state index contributed by atoms with van der Waals surface area (Å²) in [6.45, 7) is 2.96. The number of phenols is 1. The first kappa shape index (κ1) is 19.6. The fourth-order valence-electron chi connectivity index (χ4n) is 1.86. The van der Waals surface area contributed by atoms with Gasteiger partial charge < -0.3 is 15.6 Å². The summed E-state index contributed by atoms with van der Waals surface area (Å²) in [6, 6.07) is 2.83. The van der Waals surface area contributed by atoms with Crippen LogP contribution in [0.4, 0.5) is 5.69 Å². The number of benzene rings is 1. The third kappa shape index (κ3) is 3.44. The van der Waals surface area contributed by atoms with E-state index in [2.05, 4.69) is 4.74 Å². The van der Waals surface area contributed by atoms with E-state index in [1.165, 1.54) is 27.0 Å². The number of aromatic hydroxyl groups is 1. The first-order valence-electron chi connectivity index (χ1n) is 5.92. The molecular formula is C13H16ClN3O5. The Labute approximate surface area is 133 Å². The Kier molecular flexibility index (Phi) is 6.30. The van der Waals surface area contributed by atoms with E-state index in [-0.39, 0.29) is 23.5 Å². The Bertz CT molecular complexity index is 639. The van der Waals surface area contributed by atoms with Gasteiger partial charge in [-0.15, -0.1) is 12.4 Å². The number of nitrogens with two attached hydrogens (primary N) is 1. The Morgan fingerprint density at radius 1 is 1.55 bits per heavy atom. The second-order valence-electron chi connectivity index (χ2n) is 4.99. The van der Waals surface area contributed by atoms with Gasteiger partial charge in [0.25, 0.3) is 0 Å². The summed E-state index contributed by atoms with van der Waals surface area (Å²) in [7, 11) is 1.19. The van der Waals surface area contributed by atoms with E-state index in [9.17, 15) is 20.0 Å². The summed E-state index contributed by atoms with van der Waals surface area (Å²) in [5, 5.41) is 29.8. The number of nitrogens with zero attached hydrogens (tertiary/aromatic N) is 2. The second kappa shape index (κ2) is 7.06. The van der Waals surface area contributed by atoms with Crippen LogP contribution in [0.5, 0.6) is 5.75 Å². The van der Waals surface area contributed by atoms with Gasteiger partial charge in [-0.25, -0.2) is 0 Å². The van der Waals surface area contributed by atoms with E-state index >= 15 is 0 Å². The van der Waals surface area contributed by atoms with Gasteiger partial charge in [-0.05, 0) is 19.9 Å². The molecule has 1 atom stereocenters. The Hall–Kier alpha value is -2.37. The van der Waals surface area contributed by atoms with Crippen LogP contribution in [0.1, 0.15) is 31.0 Å². The summed E-state index contributed by atoms with van der Waals surface area (Å²) < 4.78 is 4.63. The first-order chi connectivity index (χ1) is 9.66. The number of ether oxygens (including phenoxy) is 1. The fourth-order valence-corrected chi connectivity index (χ4v) is 1.86.